The molecule has 188 valence electrons. The molecule has 0 spiro atoms. The Hall–Kier alpha value is -4.46. The summed E-state index contributed by atoms with van der Waals surface area (Å²) in [5.74, 6) is 1.15. The molecule has 7 nitrogen and oxygen atoms in total. The van der Waals surface area contributed by atoms with Crippen LogP contribution in [0.3, 0.4) is 0 Å². The van der Waals surface area contributed by atoms with Crippen molar-refractivity contribution in [2.75, 3.05) is 40.9 Å². The number of methoxy groups -OCH3 is 5. The van der Waals surface area contributed by atoms with Crippen LogP contribution in [-0.2, 0) is 0 Å². The van der Waals surface area contributed by atoms with E-state index in [1.165, 1.54) is 53.9 Å². The molecule has 0 unspecified atom stereocenters. The van der Waals surface area contributed by atoms with E-state index in [2.05, 4.69) is 5.32 Å². The SMILES string of the molecule is COc1ccccc1C(=O)C=CNc1cc(C=Cc2cc(OC)c(OC)c(OC)c2)cc(F)c1OC. The molecule has 1 N–H and O–H groups in total. The van der Waals surface area contributed by atoms with Crippen LogP contribution < -0.4 is 29.0 Å². The molecular weight excluding hydrogens is 465 g/mol. The van der Waals surface area contributed by atoms with Crippen molar-refractivity contribution >= 4 is 23.6 Å². The molecule has 8 heteroatoms. The standard InChI is InChI=1S/C28H28FNO6/c1-32-24-9-7-6-8-20(24)23(31)12-13-30-22-15-18(14-21(29)27(22)35-4)10-11-19-16-25(33-2)28(36-5)26(17-19)34-3/h6-17,30H,1-5H3. The third kappa shape index (κ3) is 5.96. The highest BCUT2D eigenvalue weighted by atomic mass is 19.1. The summed E-state index contributed by atoms with van der Waals surface area (Å²) in [6.45, 7) is 0. The zero-order valence-corrected chi connectivity index (χ0v) is 20.8. The molecule has 0 heterocycles. The lowest BCUT2D eigenvalue weighted by molar-refractivity contribution is 0.104. The molecule has 0 amide bonds. The van der Waals surface area contributed by atoms with Crippen LogP contribution in [0, 0.1) is 5.82 Å². The summed E-state index contributed by atoms with van der Waals surface area (Å²) in [7, 11) is 7.47. The molecule has 0 atom stereocenters. The van der Waals surface area contributed by atoms with Crippen molar-refractivity contribution in [1.29, 1.82) is 0 Å². The monoisotopic (exact) mass is 493 g/mol. The average molecular weight is 494 g/mol. The van der Waals surface area contributed by atoms with Gasteiger partial charge in [0.1, 0.15) is 5.75 Å². The first-order valence-corrected chi connectivity index (χ1v) is 10.9. The van der Waals surface area contributed by atoms with Gasteiger partial charge in [-0.3, -0.25) is 4.79 Å². The van der Waals surface area contributed by atoms with Gasteiger partial charge < -0.3 is 29.0 Å². The molecule has 36 heavy (non-hydrogen) atoms. The molecule has 0 aliphatic heterocycles. The third-order valence-electron chi connectivity index (χ3n) is 5.27. The topological polar surface area (TPSA) is 75.3 Å². The van der Waals surface area contributed by atoms with E-state index in [0.29, 0.717) is 39.8 Å². The van der Waals surface area contributed by atoms with Gasteiger partial charge in [-0.1, -0.05) is 24.3 Å². The number of carbonyl (C=O) groups is 1. The van der Waals surface area contributed by atoms with Crippen molar-refractivity contribution in [2.24, 2.45) is 0 Å². The van der Waals surface area contributed by atoms with E-state index in [1.54, 1.807) is 54.6 Å². The Labute approximate surface area is 209 Å². The van der Waals surface area contributed by atoms with Crippen molar-refractivity contribution in [1.82, 2.24) is 0 Å². The van der Waals surface area contributed by atoms with E-state index in [1.807, 2.05) is 0 Å². The number of benzene rings is 3. The second-order valence-electron chi connectivity index (χ2n) is 7.42. The van der Waals surface area contributed by atoms with Gasteiger partial charge in [0.25, 0.3) is 0 Å². The number of hydrogen-bond acceptors (Lipinski definition) is 7. The molecule has 3 aromatic carbocycles. The second-order valence-corrected chi connectivity index (χ2v) is 7.42. The highest BCUT2D eigenvalue weighted by Gasteiger charge is 2.13. The maximum absolute atomic E-state index is 14.8. The van der Waals surface area contributed by atoms with E-state index in [-0.39, 0.29) is 11.5 Å². The minimum atomic E-state index is -0.559. The summed E-state index contributed by atoms with van der Waals surface area (Å²) in [6, 6.07) is 13.5. The lowest BCUT2D eigenvalue weighted by Gasteiger charge is -2.13. The highest BCUT2D eigenvalue weighted by Crippen LogP contribution is 2.39. The van der Waals surface area contributed by atoms with Crippen molar-refractivity contribution in [3.05, 3.63) is 83.3 Å². The fourth-order valence-corrected chi connectivity index (χ4v) is 3.56. The zero-order chi connectivity index (χ0) is 26.1. The predicted molar refractivity (Wildman–Crippen MR) is 138 cm³/mol. The first-order chi connectivity index (χ1) is 17.4. The van der Waals surface area contributed by atoms with Crippen LogP contribution in [-0.4, -0.2) is 41.3 Å². The largest absolute Gasteiger partial charge is 0.496 e. The Morgan fingerprint density at radius 2 is 1.33 bits per heavy atom. The number of allylic oxidation sites excluding steroid dienone is 1. The molecule has 0 saturated heterocycles. The van der Waals surface area contributed by atoms with Gasteiger partial charge in [-0.05, 0) is 47.5 Å². The third-order valence-corrected chi connectivity index (χ3v) is 5.27. The van der Waals surface area contributed by atoms with Crippen LogP contribution in [0.2, 0.25) is 0 Å². The molecule has 0 aliphatic carbocycles. The first-order valence-electron chi connectivity index (χ1n) is 10.9. The average Bonchev–Trinajstić information content (AvgIpc) is 2.90. The number of nitrogens with one attached hydrogen (secondary N) is 1. The van der Waals surface area contributed by atoms with Gasteiger partial charge >= 0.3 is 0 Å². The van der Waals surface area contributed by atoms with Gasteiger partial charge in [-0.25, -0.2) is 4.39 Å². The molecule has 0 fully saturated rings. The Bertz CT molecular complexity index is 1260. The van der Waals surface area contributed by atoms with Crippen molar-refractivity contribution < 1.29 is 32.9 Å². The van der Waals surface area contributed by atoms with E-state index in [9.17, 15) is 9.18 Å². The summed E-state index contributed by atoms with van der Waals surface area (Å²) in [4.78, 5) is 12.6. The molecule has 0 saturated carbocycles. The summed E-state index contributed by atoms with van der Waals surface area (Å²) in [5, 5.41) is 2.94. The normalized spacial score (nSPS) is 10.9. The minimum absolute atomic E-state index is 0.0225. The van der Waals surface area contributed by atoms with E-state index >= 15 is 0 Å². The van der Waals surface area contributed by atoms with E-state index < -0.39 is 5.82 Å². The van der Waals surface area contributed by atoms with Crippen molar-refractivity contribution in [3.63, 3.8) is 0 Å². The van der Waals surface area contributed by atoms with Crippen molar-refractivity contribution in [2.45, 2.75) is 0 Å². The number of rotatable bonds is 11. The van der Waals surface area contributed by atoms with E-state index in [4.69, 9.17) is 23.7 Å². The number of carbonyl (C=O) groups excluding carboxylic acids is 1. The number of anilines is 1. The molecule has 0 aromatic heterocycles. The smallest absolute Gasteiger partial charge is 0.203 e. The van der Waals surface area contributed by atoms with Crippen LogP contribution in [0.15, 0.2) is 60.8 Å². The summed E-state index contributed by atoms with van der Waals surface area (Å²) >= 11 is 0. The Morgan fingerprint density at radius 1 is 0.750 bits per heavy atom. The first kappa shape index (κ1) is 26.2. The molecule has 0 bridgehead atoms. The Kier molecular flexibility index (Phi) is 8.94. The van der Waals surface area contributed by atoms with E-state index in [0.717, 1.165) is 5.56 Å². The fraction of sp³-hybridized carbons (Fsp3) is 0.179. The van der Waals surface area contributed by atoms with Gasteiger partial charge in [-0.15, -0.1) is 0 Å². The van der Waals surface area contributed by atoms with Crippen LogP contribution in [0.5, 0.6) is 28.7 Å². The molecule has 3 rings (SSSR count). The molecule has 0 radical (unpaired) electrons. The number of hydrogen-bond donors (Lipinski definition) is 1. The minimum Gasteiger partial charge on any atom is -0.496 e. The predicted octanol–water partition coefficient (Wildman–Crippen LogP) is 5.85. The Balaban J connectivity index is 1.86. The summed E-state index contributed by atoms with van der Waals surface area (Å²) < 4.78 is 41.3. The number of para-hydroxylation sites is 1. The maximum atomic E-state index is 14.8. The lowest BCUT2D eigenvalue weighted by atomic mass is 10.1. The van der Waals surface area contributed by atoms with Crippen molar-refractivity contribution in [3.8, 4) is 28.7 Å². The molecule has 0 aliphatic rings. The number of ether oxygens (including phenoxy) is 5. The van der Waals surface area contributed by atoms with Crippen LogP contribution in [0.25, 0.3) is 12.2 Å². The summed E-state index contributed by atoms with van der Waals surface area (Å²) in [6.07, 6.45) is 6.29. The Morgan fingerprint density at radius 3 is 1.92 bits per heavy atom. The van der Waals surface area contributed by atoms with Gasteiger partial charge in [0.15, 0.2) is 28.8 Å². The van der Waals surface area contributed by atoms with Crippen LogP contribution in [0.1, 0.15) is 21.5 Å². The quantitative estimate of drug-likeness (QED) is 0.204. The number of halogens is 1. The van der Waals surface area contributed by atoms with Crippen LogP contribution in [0.4, 0.5) is 10.1 Å². The van der Waals surface area contributed by atoms with Gasteiger partial charge in [0, 0.05) is 12.3 Å². The van der Waals surface area contributed by atoms with Gasteiger partial charge in [0.2, 0.25) is 5.75 Å². The molecule has 3 aromatic rings. The summed E-state index contributed by atoms with van der Waals surface area (Å²) in [5.41, 5.74) is 2.09. The fourth-order valence-electron chi connectivity index (χ4n) is 3.56. The molecular formula is C28H28FNO6. The lowest BCUT2D eigenvalue weighted by Crippen LogP contribution is -2.01. The van der Waals surface area contributed by atoms with Crippen LogP contribution >= 0.6 is 0 Å². The highest BCUT2D eigenvalue weighted by molar-refractivity contribution is 6.06. The second kappa shape index (κ2) is 12.3. The maximum Gasteiger partial charge on any atom is 0.203 e. The van der Waals surface area contributed by atoms with Gasteiger partial charge in [-0.2, -0.15) is 0 Å². The zero-order valence-electron chi connectivity index (χ0n) is 20.8. The number of ketones is 1. The van der Waals surface area contributed by atoms with Gasteiger partial charge in [0.05, 0.1) is 46.8 Å².